The van der Waals surface area contributed by atoms with Crippen molar-refractivity contribution >= 4 is 29.6 Å². The summed E-state index contributed by atoms with van der Waals surface area (Å²) in [5, 5.41) is 2.60. The van der Waals surface area contributed by atoms with Crippen LogP contribution in [0.5, 0.6) is 11.5 Å². The van der Waals surface area contributed by atoms with Gasteiger partial charge in [-0.1, -0.05) is 0 Å². The van der Waals surface area contributed by atoms with Crippen LogP contribution in [0.2, 0.25) is 0 Å². The Morgan fingerprint density at radius 3 is 2.03 bits per heavy atom. The number of hydrogen-bond acceptors (Lipinski definition) is 11. The lowest BCUT2D eigenvalue weighted by Crippen LogP contribution is -2.67. The lowest BCUT2D eigenvalue weighted by Gasteiger charge is -2.44. The van der Waals surface area contributed by atoms with Gasteiger partial charge in [0.1, 0.15) is 18.8 Å². The number of esters is 3. The third-order valence-electron chi connectivity index (χ3n) is 4.88. The average Bonchev–Trinajstić information content (AvgIpc) is 2.75. The van der Waals surface area contributed by atoms with Crippen LogP contribution in [-0.4, -0.2) is 74.0 Å². The Bertz CT molecular complexity index is 976. The predicted molar refractivity (Wildman–Crippen MR) is 118 cm³/mol. The molecule has 1 saturated heterocycles. The SMILES string of the molecule is COc1cc(C(C)=O)ccc1O[C@@H]1O[C@H](COC(C)=O)[C@@H](OC(C)=O)[C@H](OC(C)=O)[C@H]1NC(C)=O. The van der Waals surface area contributed by atoms with E-state index in [1.807, 2.05) is 0 Å². The van der Waals surface area contributed by atoms with E-state index in [2.05, 4.69) is 5.32 Å². The standard InChI is InChI=1S/C23H29NO11/c1-11(25)16-7-8-17(18(9-16)30-6)34-23-20(24-12(2)26)22(33-15(5)29)21(32-14(4)28)19(35-23)10-31-13(3)27/h7-9,19-23H,10H2,1-6H3,(H,24,26)/t19-,20-,21-,22-,23-/m1/s1. The molecule has 1 aliphatic heterocycles. The molecule has 1 aliphatic rings. The highest BCUT2D eigenvalue weighted by Gasteiger charge is 2.52. The summed E-state index contributed by atoms with van der Waals surface area (Å²) in [4.78, 5) is 58.9. The van der Waals surface area contributed by atoms with E-state index in [-0.39, 0.29) is 23.9 Å². The Hall–Kier alpha value is -3.67. The summed E-state index contributed by atoms with van der Waals surface area (Å²) < 4.78 is 33.1. The molecule has 35 heavy (non-hydrogen) atoms. The number of benzene rings is 1. The topological polar surface area (TPSA) is 153 Å². The van der Waals surface area contributed by atoms with E-state index in [1.54, 1.807) is 0 Å². The highest BCUT2D eigenvalue weighted by atomic mass is 16.7. The van der Waals surface area contributed by atoms with Gasteiger partial charge in [0.2, 0.25) is 12.2 Å². The third kappa shape index (κ3) is 7.67. The second-order valence-electron chi connectivity index (χ2n) is 7.76. The fourth-order valence-corrected chi connectivity index (χ4v) is 3.50. The number of methoxy groups -OCH3 is 1. The Morgan fingerprint density at radius 2 is 1.51 bits per heavy atom. The summed E-state index contributed by atoms with van der Waals surface area (Å²) in [6, 6.07) is 3.31. The molecule has 12 heteroatoms. The van der Waals surface area contributed by atoms with E-state index in [0.717, 1.165) is 13.8 Å². The van der Waals surface area contributed by atoms with Crippen molar-refractivity contribution in [3.8, 4) is 11.5 Å². The molecule has 2 rings (SSSR count). The van der Waals surface area contributed by atoms with E-state index in [4.69, 9.17) is 28.4 Å². The fraction of sp³-hybridized carbons (Fsp3) is 0.522. The van der Waals surface area contributed by atoms with Gasteiger partial charge < -0.3 is 33.7 Å². The normalized spacial score (nSPS) is 23.4. The van der Waals surface area contributed by atoms with Crippen LogP contribution in [0.15, 0.2) is 18.2 Å². The van der Waals surface area contributed by atoms with Gasteiger partial charge >= 0.3 is 17.9 Å². The first-order valence-electron chi connectivity index (χ1n) is 10.7. The van der Waals surface area contributed by atoms with Gasteiger partial charge in [-0.05, 0) is 25.1 Å². The fourth-order valence-electron chi connectivity index (χ4n) is 3.50. The average molecular weight is 495 g/mol. The molecule has 0 unspecified atom stereocenters. The molecular formula is C23H29NO11. The lowest BCUT2D eigenvalue weighted by atomic mass is 9.96. The van der Waals surface area contributed by atoms with Crippen molar-refractivity contribution in [3.63, 3.8) is 0 Å². The van der Waals surface area contributed by atoms with Gasteiger partial charge in [0, 0.05) is 33.3 Å². The molecule has 1 amide bonds. The van der Waals surface area contributed by atoms with Gasteiger partial charge in [0.25, 0.3) is 0 Å². The molecular weight excluding hydrogens is 466 g/mol. The van der Waals surface area contributed by atoms with Crippen molar-refractivity contribution in [2.45, 2.75) is 65.3 Å². The number of Topliss-reactive ketones (excluding diaryl/α,β-unsaturated/α-hetero) is 1. The number of hydrogen-bond donors (Lipinski definition) is 1. The molecule has 12 nitrogen and oxygen atoms in total. The van der Waals surface area contributed by atoms with Crippen molar-refractivity contribution in [2.75, 3.05) is 13.7 Å². The molecule has 1 aromatic rings. The van der Waals surface area contributed by atoms with Crippen LogP contribution < -0.4 is 14.8 Å². The third-order valence-corrected chi connectivity index (χ3v) is 4.88. The second kappa shape index (κ2) is 12.2. The van der Waals surface area contributed by atoms with Crippen LogP contribution in [-0.2, 0) is 38.1 Å². The number of ketones is 1. The monoisotopic (exact) mass is 495 g/mol. The first-order chi connectivity index (χ1) is 16.4. The molecule has 192 valence electrons. The second-order valence-corrected chi connectivity index (χ2v) is 7.76. The van der Waals surface area contributed by atoms with Crippen molar-refractivity contribution in [1.82, 2.24) is 5.32 Å². The number of rotatable bonds is 9. The van der Waals surface area contributed by atoms with Crippen LogP contribution in [0.4, 0.5) is 0 Å². The first-order valence-corrected chi connectivity index (χ1v) is 10.7. The Morgan fingerprint density at radius 1 is 0.886 bits per heavy atom. The highest BCUT2D eigenvalue weighted by Crippen LogP contribution is 2.33. The van der Waals surface area contributed by atoms with E-state index in [1.165, 1.54) is 46.1 Å². The summed E-state index contributed by atoms with van der Waals surface area (Å²) in [5.41, 5.74) is 0.373. The van der Waals surface area contributed by atoms with Gasteiger partial charge in [-0.25, -0.2) is 0 Å². The first kappa shape index (κ1) is 27.6. The van der Waals surface area contributed by atoms with E-state index >= 15 is 0 Å². The van der Waals surface area contributed by atoms with Crippen molar-refractivity contribution < 1.29 is 52.4 Å². The highest BCUT2D eigenvalue weighted by molar-refractivity contribution is 5.94. The molecule has 0 aliphatic carbocycles. The zero-order valence-electron chi connectivity index (χ0n) is 20.3. The molecule has 0 bridgehead atoms. The van der Waals surface area contributed by atoms with Gasteiger partial charge in [0.15, 0.2) is 29.5 Å². The Kier molecular flexibility index (Phi) is 9.58. The summed E-state index contributed by atoms with van der Waals surface area (Å²) in [6.07, 6.45) is -4.94. The minimum absolute atomic E-state index is 0.150. The number of carbonyl (C=O) groups is 5. The van der Waals surface area contributed by atoms with Crippen LogP contribution >= 0.6 is 0 Å². The number of amides is 1. The summed E-state index contributed by atoms with van der Waals surface area (Å²) in [6.45, 7) is 5.73. The molecule has 1 N–H and O–H groups in total. The maximum Gasteiger partial charge on any atom is 0.303 e. The maximum atomic E-state index is 12.0. The molecule has 1 heterocycles. The molecule has 1 aromatic carbocycles. The van der Waals surface area contributed by atoms with Crippen LogP contribution in [0.3, 0.4) is 0 Å². The quantitative estimate of drug-likeness (QED) is 0.296. The van der Waals surface area contributed by atoms with E-state index in [0.29, 0.717) is 5.56 Å². The molecule has 0 saturated carbocycles. The summed E-state index contributed by atoms with van der Waals surface area (Å²) >= 11 is 0. The molecule has 0 spiro atoms. The largest absolute Gasteiger partial charge is 0.493 e. The number of nitrogens with one attached hydrogen (secondary N) is 1. The predicted octanol–water partition coefficient (Wildman–Crippen LogP) is 0.933. The minimum Gasteiger partial charge on any atom is -0.493 e. The minimum atomic E-state index is -1.31. The maximum absolute atomic E-state index is 12.0. The van der Waals surface area contributed by atoms with Crippen LogP contribution in [0.25, 0.3) is 0 Å². The summed E-state index contributed by atoms with van der Waals surface area (Å²) in [5.74, 6) is -2.42. The van der Waals surface area contributed by atoms with Crippen LogP contribution in [0, 0.1) is 0 Å². The molecule has 5 atom stereocenters. The number of carbonyl (C=O) groups excluding carboxylic acids is 5. The van der Waals surface area contributed by atoms with Gasteiger partial charge in [-0.3, -0.25) is 24.0 Å². The van der Waals surface area contributed by atoms with Gasteiger partial charge in [-0.15, -0.1) is 0 Å². The van der Waals surface area contributed by atoms with Crippen LogP contribution in [0.1, 0.15) is 45.0 Å². The molecule has 0 aromatic heterocycles. The molecule has 0 radical (unpaired) electrons. The Balaban J connectivity index is 2.52. The van der Waals surface area contributed by atoms with Crippen molar-refractivity contribution in [3.05, 3.63) is 23.8 Å². The molecule has 1 fully saturated rings. The van der Waals surface area contributed by atoms with E-state index < -0.39 is 54.5 Å². The van der Waals surface area contributed by atoms with Crippen molar-refractivity contribution in [2.24, 2.45) is 0 Å². The smallest absolute Gasteiger partial charge is 0.303 e. The summed E-state index contributed by atoms with van der Waals surface area (Å²) in [7, 11) is 1.38. The van der Waals surface area contributed by atoms with Gasteiger partial charge in [-0.2, -0.15) is 0 Å². The van der Waals surface area contributed by atoms with E-state index in [9.17, 15) is 24.0 Å². The zero-order valence-corrected chi connectivity index (χ0v) is 20.3. The number of ether oxygens (including phenoxy) is 6. The zero-order chi connectivity index (χ0) is 26.3. The Labute approximate surface area is 202 Å². The van der Waals surface area contributed by atoms with Crippen molar-refractivity contribution in [1.29, 1.82) is 0 Å². The lowest BCUT2D eigenvalue weighted by molar-refractivity contribution is -0.257. The van der Waals surface area contributed by atoms with Gasteiger partial charge in [0.05, 0.1) is 7.11 Å².